The Bertz CT molecular complexity index is 193. The number of nitrogens with zero attached hydrogens (tertiary/aromatic N) is 1. The first kappa shape index (κ1) is 15.3. The summed E-state index contributed by atoms with van der Waals surface area (Å²) in [6, 6.07) is 0. The molecule has 0 bridgehead atoms. The standard InChI is InChI=1S/C4H9NO.H4O5P2/c1-4(6)5(2)3;1-6(2)5-7(3)4/h1-3H3;6-7H,(H,1,2)(H,3,4). The number of carbonyl (C=O) groups is 1. The summed E-state index contributed by atoms with van der Waals surface area (Å²) in [7, 11) is -2.95. The van der Waals surface area contributed by atoms with Gasteiger partial charge in [0.2, 0.25) is 5.91 Å². The van der Waals surface area contributed by atoms with Gasteiger partial charge in [-0.3, -0.25) is 13.9 Å². The molecule has 0 aromatic rings. The first-order valence-corrected chi connectivity index (χ1v) is 5.61. The van der Waals surface area contributed by atoms with E-state index in [4.69, 9.17) is 9.79 Å². The van der Waals surface area contributed by atoms with E-state index in [1.165, 1.54) is 11.8 Å². The second-order valence-corrected chi connectivity index (χ2v) is 3.93. The molecule has 0 fully saturated rings. The highest BCUT2D eigenvalue weighted by Gasteiger charge is 1.93. The average Bonchev–Trinajstić information content (AvgIpc) is 1.84. The van der Waals surface area contributed by atoms with Crippen molar-refractivity contribution in [1.82, 2.24) is 4.90 Å². The van der Waals surface area contributed by atoms with Gasteiger partial charge in [-0.2, -0.15) is 0 Å². The summed E-state index contributed by atoms with van der Waals surface area (Å²) in [5.41, 5.74) is 0. The highest BCUT2D eigenvalue weighted by atomic mass is 31.2. The molecule has 7 nitrogen and oxygen atoms in total. The van der Waals surface area contributed by atoms with Gasteiger partial charge in [0.1, 0.15) is 0 Å². The van der Waals surface area contributed by atoms with Crippen molar-refractivity contribution >= 4 is 22.4 Å². The van der Waals surface area contributed by atoms with E-state index in [1.54, 1.807) is 14.1 Å². The molecule has 9 heteroatoms. The van der Waals surface area contributed by atoms with Crippen LogP contribution in [0.4, 0.5) is 0 Å². The molecule has 0 spiro atoms. The van der Waals surface area contributed by atoms with Crippen molar-refractivity contribution < 1.29 is 28.0 Å². The van der Waals surface area contributed by atoms with Crippen LogP contribution in [0.3, 0.4) is 0 Å². The van der Waals surface area contributed by atoms with Gasteiger partial charge in [-0.25, -0.2) is 4.31 Å². The molecule has 0 aromatic heterocycles. The molecule has 0 rings (SSSR count). The minimum Gasteiger partial charge on any atom is -0.349 e. The molecule has 0 aliphatic heterocycles. The Hall–Kier alpha value is -0.190. The summed E-state index contributed by atoms with van der Waals surface area (Å²) in [5, 5.41) is 0. The Morgan fingerprint density at radius 3 is 1.46 bits per heavy atom. The minimum atomic E-state index is -3.20. The smallest absolute Gasteiger partial charge is 0.323 e. The lowest BCUT2D eigenvalue weighted by Gasteiger charge is -2.02. The lowest BCUT2D eigenvalue weighted by Crippen LogP contribution is -2.17. The normalized spacial score (nSPS) is 13.6. The molecule has 0 aliphatic rings. The van der Waals surface area contributed by atoms with Crippen LogP contribution in [0.1, 0.15) is 6.92 Å². The fourth-order valence-electron chi connectivity index (χ4n) is 0.0747. The van der Waals surface area contributed by atoms with Crippen LogP contribution in [0.25, 0.3) is 0 Å². The van der Waals surface area contributed by atoms with Gasteiger partial charge in [0.05, 0.1) is 0 Å². The van der Waals surface area contributed by atoms with Gasteiger partial charge in [0.25, 0.3) is 0 Å². The highest BCUT2D eigenvalue weighted by Crippen LogP contribution is 2.30. The van der Waals surface area contributed by atoms with Crippen molar-refractivity contribution in [3.8, 4) is 0 Å². The quantitative estimate of drug-likeness (QED) is 0.643. The third kappa shape index (κ3) is 18.6. The van der Waals surface area contributed by atoms with Gasteiger partial charge in [-0.1, -0.05) is 0 Å². The Labute approximate surface area is 77.2 Å². The van der Waals surface area contributed by atoms with Crippen molar-refractivity contribution in [3.05, 3.63) is 0 Å². The minimum absolute atomic E-state index is 0.0926. The van der Waals surface area contributed by atoms with Crippen LogP contribution in [0.5, 0.6) is 0 Å². The summed E-state index contributed by atoms with van der Waals surface area (Å²) in [6.07, 6.45) is 0. The molecule has 13 heavy (non-hydrogen) atoms. The fraction of sp³-hybridized carbons (Fsp3) is 0.750. The molecular weight excluding hydrogens is 220 g/mol. The van der Waals surface area contributed by atoms with Crippen molar-refractivity contribution in [2.24, 2.45) is 0 Å². The van der Waals surface area contributed by atoms with Crippen LogP contribution in [-0.2, 0) is 18.2 Å². The Morgan fingerprint density at radius 2 is 1.46 bits per heavy atom. The molecule has 0 saturated heterocycles. The molecule has 0 radical (unpaired) electrons. The van der Waals surface area contributed by atoms with Crippen LogP contribution < -0.4 is 0 Å². The van der Waals surface area contributed by atoms with Crippen molar-refractivity contribution in [2.45, 2.75) is 6.92 Å². The second-order valence-electron chi connectivity index (χ2n) is 2.05. The maximum Gasteiger partial charge on any atom is 0.323 e. The van der Waals surface area contributed by atoms with Crippen molar-refractivity contribution in [2.75, 3.05) is 14.1 Å². The Morgan fingerprint density at radius 1 is 1.23 bits per heavy atom. The number of rotatable bonds is 2. The molecule has 0 aliphatic carbocycles. The van der Waals surface area contributed by atoms with E-state index in [0.717, 1.165) is 0 Å². The lowest BCUT2D eigenvalue weighted by molar-refractivity contribution is -0.126. The molecular formula is C4H13NO6P2. The van der Waals surface area contributed by atoms with E-state index in [0.29, 0.717) is 0 Å². The molecule has 2 atom stereocenters. The predicted molar refractivity (Wildman–Crippen MR) is 47.9 cm³/mol. The third-order valence-electron chi connectivity index (χ3n) is 0.804. The Balaban J connectivity index is 0. The van der Waals surface area contributed by atoms with E-state index >= 15 is 0 Å². The summed E-state index contributed by atoms with van der Waals surface area (Å²) >= 11 is 0. The maximum absolute atomic E-state index is 10.1. The summed E-state index contributed by atoms with van der Waals surface area (Å²) in [4.78, 5) is 27.0. The monoisotopic (exact) mass is 233 g/mol. The van der Waals surface area contributed by atoms with Gasteiger partial charge in [0.15, 0.2) is 0 Å². The van der Waals surface area contributed by atoms with Gasteiger partial charge < -0.3 is 14.7 Å². The lowest BCUT2D eigenvalue weighted by atomic mass is 10.7. The van der Waals surface area contributed by atoms with Gasteiger partial charge in [-0.15, -0.1) is 0 Å². The average molecular weight is 233 g/mol. The van der Waals surface area contributed by atoms with E-state index < -0.39 is 16.5 Å². The zero-order valence-corrected chi connectivity index (χ0v) is 9.47. The maximum atomic E-state index is 10.1. The van der Waals surface area contributed by atoms with E-state index in [2.05, 4.69) is 4.31 Å². The van der Waals surface area contributed by atoms with Crippen LogP contribution >= 0.6 is 16.5 Å². The summed E-state index contributed by atoms with van der Waals surface area (Å²) in [6.45, 7) is 1.53. The summed E-state index contributed by atoms with van der Waals surface area (Å²) < 4.78 is 22.3. The largest absolute Gasteiger partial charge is 0.349 e. The van der Waals surface area contributed by atoms with Gasteiger partial charge in [-0.05, 0) is 0 Å². The molecule has 1 amide bonds. The predicted octanol–water partition coefficient (Wildman–Crippen LogP) is -0.139. The van der Waals surface area contributed by atoms with Crippen LogP contribution in [0, 0.1) is 0 Å². The van der Waals surface area contributed by atoms with E-state index in [9.17, 15) is 13.9 Å². The van der Waals surface area contributed by atoms with Crippen LogP contribution in [-0.4, -0.2) is 34.7 Å². The SMILES string of the molecule is CC(=O)N(C)C.O=[PH](O)O[PH](=O)O. The third-order valence-corrected chi connectivity index (χ3v) is 2.20. The zero-order chi connectivity index (χ0) is 11.0. The van der Waals surface area contributed by atoms with E-state index in [-0.39, 0.29) is 5.91 Å². The first-order valence-electron chi connectivity index (χ1n) is 3.09. The molecule has 80 valence electrons. The number of hydrogen-bond donors (Lipinski definition) is 2. The van der Waals surface area contributed by atoms with Gasteiger partial charge >= 0.3 is 16.5 Å². The molecule has 2 unspecified atom stereocenters. The van der Waals surface area contributed by atoms with Crippen LogP contribution in [0.15, 0.2) is 0 Å². The fourth-order valence-corrected chi connectivity index (χ4v) is 0.672. The summed E-state index contributed by atoms with van der Waals surface area (Å²) in [5.74, 6) is 0.0926. The van der Waals surface area contributed by atoms with Gasteiger partial charge in [0, 0.05) is 21.0 Å². The number of hydrogen-bond acceptors (Lipinski definition) is 4. The topological polar surface area (TPSA) is 104 Å². The van der Waals surface area contributed by atoms with Crippen molar-refractivity contribution in [1.29, 1.82) is 0 Å². The molecule has 0 saturated carbocycles. The zero-order valence-electron chi connectivity index (χ0n) is 7.47. The number of carbonyl (C=O) groups excluding carboxylic acids is 1. The highest BCUT2D eigenvalue weighted by molar-refractivity contribution is 7.46. The molecule has 0 aromatic carbocycles. The number of amides is 1. The van der Waals surface area contributed by atoms with Crippen molar-refractivity contribution in [3.63, 3.8) is 0 Å². The first-order chi connectivity index (χ1) is 5.77. The van der Waals surface area contributed by atoms with E-state index in [1.807, 2.05) is 0 Å². The Kier molecular flexibility index (Phi) is 9.89. The molecule has 0 heterocycles. The van der Waals surface area contributed by atoms with Crippen LogP contribution in [0.2, 0.25) is 0 Å². The second kappa shape index (κ2) is 8.41. The molecule has 2 N–H and O–H groups in total.